The van der Waals surface area contributed by atoms with Gasteiger partial charge in [0.1, 0.15) is 13.2 Å². The second-order valence-corrected chi connectivity index (χ2v) is 16.8. The van der Waals surface area contributed by atoms with Gasteiger partial charge in [-0.3, -0.25) is 14.4 Å². The van der Waals surface area contributed by atoms with Crippen molar-refractivity contribution in [2.75, 3.05) is 13.2 Å². The zero-order valence-electron chi connectivity index (χ0n) is 41.3. The van der Waals surface area contributed by atoms with Crippen molar-refractivity contribution in [2.45, 2.75) is 226 Å². The Balaban J connectivity index is 4.58. The quantitative estimate of drug-likeness (QED) is 0.0199. The summed E-state index contributed by atoms with van der Waals surface area (Å²) in [6.07, 6.45) is 69.3. The summed E-state index contributed by atoms with van der Waals surface area (Å²) < 4.78 is 16.7. The second-order valence-electron chi connectivity index (χ2n) is 16.8. The van der Waals surface area contributed by atoms with Crippen LogP contribution in [0.15, 0.2) is 109 Å². The lowest BCUT2D eigenvalue weighted by atomic mass is 10.1. The van der Waals surface area contributed by atoms with Gasteiger partial charge in [0.25, 0.3) is 0 Å². The molecule has 0 aromatic carbocycles. The lowest BCUT2D eigenvalue weighted by Crippen LogP contribution is -2.30. The molecule has 0 rings (SSSR count). The molecular formula is C58H94O6. The molecule has 64 heavy (non-hydrogen) atoms. The molecule has 0 saturated carbocycles. The summed E-state index contributed by atoms with van der Waals surface area (Å²) in [6.45, 7) is 6.38. The number of hydrogen-bond donors (Lipinski definition) is 0. The number of rotatable bonds is 45. The van der Waals surface area contributed by atoms with E-state index in [4.69, 9.17) is 14.2 Å². The Labute approximate surface area is 393 Å². The molecule has 0 radical (unpaired) electrons. The summed E-state index contributed by atoms with van der Waals surface area (Å²) in [7, 11) is 0. The predicted octanol–water partition coefficient (Wildman–Crippen LogP) is 17.1. The Morgan fingerprint density at radius 3 is 1.17 bits per heavy atom. The molecule has 0 aliphatic carbocycles. The van der Waals surface area contributed by atoms with Crippen LogP contribution in [0.4, 0.5) is 0 Å². The monoisotopic (exact) mass is 887 g/mol. The fourth-order valence-electron chi connectivity index (χ4n) is 6.71. The van der Waals surface area contributed by atoms with Crippen LogP contribution in [0.2, 0.25) is 0 Å². The smallest absolute Gasteiger partial charge is 0.306 e. The fourth-order valence-corrected chi connectivity index (χ4v) is 6.71. The first-order valence-electron chi connectivity index (χ1n) is 26.0. The molecule has 362 valence electrons. The van der Waals surface area contributed by atoms with E-state index in [0.29, 0.717) is 19.3 Å². The Morgan fingerprint density at radius 1 is 0.344 bits per heavy atom. The van der Waals surface area contributed by atoms with Crippen molar-refractivity contribution < 1.29 is 28.6 Å². The minimum absolute atomic E-state index is 0.121. The van der Waals surface area contributed by atoms with E-state index in [1.807, 2.05) is 48.6 Å². The highest BCUT2D eigenvalue weighted by atomic mass is 16.6. The van der Waals surface area contributed by atoms with E-state index in [1.165, 1.54) is 89.9 Å². The molecule has 1 unspecified atom stereocenters. The average molecular weight is 887 g/mol. The Bertz CT molecular complexity index is 1340. The molecule has 0 aromatic heterocycles. The van der Waals surface area contributed by atoms with Crippen LogP contribution in [0.1, 0.15) is 220 Å². The van der Waals surface area contributed by atoms with Crippen molar-refractivity contribution in [1.29, 1.82) is 0 Å². The molecule has 0 saturated heterocycles. The number of allylic oxidation sites excluding steroid dienone is 18. The van der Waals surface area contributed by atoms with Gasteiger partial charge in [0, 0.05) is 19.3 Å². The van der Waals surface area contributed by atoms with Gasteiger partial charge in [-0.05, 0) is 96.3 Å². The third-order valence-electron chi connectivity index (χ3n) is 10.6. The zero-order chi connectivity index (χ0) is 46.5. The molecule has 0 aliphatic rings. The molecule has 0 bridgehead atoms. The highest BCUT2D eigenvalue weighted by molar-refractivity contribution is 5.71. The van der Waals surface area contributed by atoms with Gasteiger partial charge < -0.3 is 14.2 Å². The van der Waals surface area contributed by atoms with Crippen molar-refractivity contribution in [3.05, 3.63) is 109 Å². The molecule has 0 amide bonds. The van der Waals surface area contributed by atoms with Crippen LogP contribution in [-0.4, -0.2) is 37.2 Å². The summed E-state index contributed by atoms with van der Waals surface area (Å²) in [5, 5.41) is 0. The van der Waals surface area contributed by atoms with Crippen LogP contribution in [-0.2, 0) is 28.6 Å². The average Bonchev–Trinajstić information content (AvgIpc) is 3.29. The minimum Gasteiger partial charge on any atom is -0.462 e. The van der Waals surface area contributed by atoms with E-state index in [2.05, 4.69) is 81.5 Å². The molecule has 6 nitrogen and oxygen atoms in total. The maximum atomic E-state index is 12.8. The number of ether oxygens (including phenoxy) is 3. The number of carbonyl (C=O) groups excluding carboxylic acids is 3. The molecule has 0 spiro atoms. The van der Waals surface area contributed by atoms with Crippen LogP contribution in [0, 0.1) is 0 Å². The van der Waals surface area contributed by atoms with Gasteiger partial charge in [-0.15, -0.1) is 0 Å². The Kier molecular flexibility index (Phi) is 48.5. The van der Waals surface area contributed by atoms with Crippen molar-refractivity contribution in [3.63, 3.8) is 0 Å². The summed E-state index contributed by atoms with van der Waals surface area (Å²) in [5.41, 5.74) is 0. The van der Waals surface area contributed by atoms with Gasteiger partial charge >= 0.3 is 17.9 Å². The fraction of sp³-hybridized carbons (Fsp3) is 0.638. The third kappa shape index (κ3) is 49.1. The van der Waals surface area contributed by atoms with Gasteiger partial charge in [-0.2, -0.15) is 0 Å². The van der Waals surface area contributed by atoms with Crippen LogP contribution >= 0.6 is 0 Å². The van der Waals surface area contributed by atoms with E-state index in [-0.39, 0.29) is 44.0 Å². The lowest BCUT2D eigenvalue weighted by molar-refractivity contribution is -0.167. The normalized spacial score (nSPS) is 13.0. The van der Waals surface area contributed by atoms with Gasteiger partial charge in [0.2, 0.25) is 0 Å². The van der Waals surface area contributed by atoms with Gasteiger partial charge in [-0.25, -0.2) is 0 Å². The highest BCUT2D eigenvalue weighted by Crippen LogP contribution is 2.12. The first-order valence-corrected chi connectivity index (χ1v) is 26.0. The van der Waals surface area contributed by atoms with Crippen LogP contribution in [0.25, 0.3) is 0 Å². The van der Waals surface area contributed by atoms with E-state index in [9.17, 15) is 14.4 Å². The Morgan fingerprint density at radius 2 is 0.688 bits per heavy atom. The molecule has 6 heteroatoms. The largest absolute Gasteiger partial charge is 0.462 e. The first-order chi connectivity index (χ1) is 31.5. The summed E-state index contributed by atoms with van der Waals surface area (Å²) in [4.78, 5) is 38.0. The standard InChI is InChI=1S/C58H94O6/c1-4-7-10-13-16-19-22-25-28-29-31-33-36-39-42-45-48-51-57(60)63-54-55(53-62-56(59)50-47-44-41-38-35-32-27-24-21-18-15-12-9-6-3)64-58(61)52-49-46-43-40-37-34-30-26-23-20-17-14-11-8-5-2/h8,11,14,17,20,23,25-26,28,30-35,37,39,42,55H,4-7,9-10,12-13,15-16,18-19,21-22,24,27,29,36,38,40-41,43-54H2,1-3H3/b11-8-,17-14-,23-20-,28-25-,30-26-,33-31-,35-32-,37-34-,42-39-. The Hall–Kier alpha value is -3.93. The van der Waals surface area contributed by atoms with Gasteiger partial charge in [-0.1, -0.05) is 214 Å². The van der Waals surface area contributed by atoms with Crippen molar-refractivity contribution in [3.8, 4) is 0 Å². The summed E-state index contributed by atoms with van der Waals surface area (Å²) in [6, 6.07) is 0. The SMILES string of the molecule is CC\C=C/C=C\C=C/C=C\C=C/CCCCCC(=O)OC(COC(=O)CCC/C=C\C/C=C\C/C=C\CCCCCCCC)COC(=O)CCCCC/C=C\CCCCCCCCC. The van der Waals surface area contributed by atoms with Gasteiger partial charge in [0.15, 0.2) is 6.10 Å². The van der Waals surface area contributed by atoms with Crippen molar-refractivity contribution in [2.24, 2.45) is 0 Å². The second kappa shape index (κ2) is 51.7. The number of unbranched alkanes of at least 4 members (excludes halogenated alkanes) is 20. The van der Waals surface area contributed by atoms with Crippen LogP contribution < -0.4 is 0 Å². The van der Waals surface area contributed by atoms with Crippen molar-refractivity contribution in [1.82, 2.24) is 0 Å². The lowest BCUT2D eigenvalue weighted by Gasteiger charge is -2.18. The summed E-state index contributed by atoms with van der Waals surface area (Å²) >= 11 is 0. The topological polar surface area (TPSA) is 78.9 Å². The van der Waals surface area contributed by atoms with E-state index < -0.39 is 6.10 Å². The molecular weight excluding hydrogens is 793 g/mol. The highest BCUT2D eigenvalue weighted by Gasteiger charge is 2.19. The maximum Gasteiger partial charge on any atom is 0.306 e. The molecule has 0 N–H and O–H groups in total. The number of esters is 3. The van der Waals surface area contributed by atoms with Crippen LogP contribution in [0.5, 0.6) is 0 Å². The van der Waals surface area contributed by atoms with E-state index in [0.717, 1.165) is 77.0 Å². The molecule has 0 aromatic rings. The number of carbonyl (C=O) groups is 3. The van der Waals surface area contributed by atoms with E-state index in [1.54, 1.807) is 0 Å². The maximum absolute atomic E-state index is 12.8. The van der Waals surface area contributed by atoms with E-state index >= 15 is 0 Å². The minimum atomic E-state index is -0.828. The third-order valence-corrected chi connectivity index (χ3v) is 10.6. The zero-order valence-corrected chi connectivity index (χ0v) is 41.3. The first kappa shape index (κ1) is 60.1. The number of hydrogen-bond acceptors (Lipinski definition) is 6. The molecule has 1 atom stereocenters. The van der Waals surface area contributed by atoms with Crippen molar-refractivity contribution >= 4 is 17.9 Å². The molecule has 0 aliphatic heterocycles. The van der Waals surface area contributed by atoms with Crippen LogP contribution in [0.3, 0.4) is 0 Å². The van der Waals surface area contributed by atoms with Gasteiger partial charge in [0.05, 0.1) is 0 Å². The molecule has 0 fully saturated rings. The summed E-state index contributed by atoms with van der Waals surface area (Å²) in [5.74, 6) is -1.04. The predicted molar refractivity (Wildman–Crippen MR) is 274 cm³/mol. The molecule has 0 heterocycles.